The number of benzene rings is 2. The van der Waals surface area contributed by atoms with Crippen molar-refractivity contribution in [3.05, 3.63) is 77.5 Å². The molecule has 0 saturated heterocycles. The fraction of sp³-hybridized carbons (Fsp3) is 0.280. The SMILES string of the molecule is CC(=Nc1c(C(C)C)cccc1C(C)C)c1cccc(-c2ccccc2O)n1. The van der Waals surface area contributed by atoms with Crippen molar-refractivity contribution in [3.63, 3.8) is 0 Å². The maximum Gasteiger partial charge on any atom is 0.124 e. The molecule has 144 valence electrons. The Morgan fingerprint density at radius 2 is 1.43 bits per heavy atom. The van der Waals surface area contributed by atoms with E-state index < -0.39 is 0 Å². The fourth-order valence-corrected chi connectivity index (χ4v) is 3.34. The number of phenolic OH excluding ortho intramolecular Hbond substituents is 1. The largest absolute Gasteiger partial charge is 0.507 e. The van der Waals surface area contributed by atoms with Crippen LogP contribution in [0.15, 0.2) is 65.7 Å². The Kier molecular flexibility index (Phi) is 5.93. The van der Waals surface area contributed by atoms with E-state index in [-0.39, 0.29) is 5.75 Å². The first-order chi connectivity index (χ1) is 13.4. The summed E-state index contributed by atoms with van der Waals surface area (Å²) in [6.07, 6.45) is 0. The Labute approximate surface area is 167 Å². The van der Waals surface area contributed by atoms with Crippen molar-refractivity contribution < 1.29 is 5.11 Å². The summed E-state index contributed by atoms with van der Waals surface area (Å²) < 4.78 is 0. The van der Waals surface area contributed by atoms with Crippen LogP contribution >= 0.6 is 0 Å². The van der Waals surface area contributed by atoms with Crippen LogP contribution in [0.2, 0.25) is 0 Å². The van der Waals surface area contributed by atoms with Gasteiger partial charge in [0.05, 0.1) is 22.8 Å². The molecule has 3 aromatic rings. The Hall–Kier alpha value is -2.94. The van der Waals surface area contributed by atoms with Crippen molar-refractivity contribution >= 4 is 11.4 Å². The third-order valence-corrected chi connectivity index (χ3v) is 4.92. The van der Waals surface area contributed by atoms with Gasteiger partial charge < -0.3 is 5.11 Å². The number of phenols is 1. The summed E-state index contributed by atoms with van der Waals surface area (Å²) in [6, 6.07) is 19.5. The first kappa shape index (κ1) is 19.8. The molecule has 1 heterocycles. The van der Waals surface area contributed by atoms with Crippen molar-refractivity contribution in [2.24, 2.45) is 4.99 Å². The number of nitrogens with zero attached hydrogens (tertiary/aromatic N) is 2. The van der Waals surface area contributed by atoms with E-state index in [4.69, 9.17) is 9.98 Å². The standard InChI is InChI=1S/C25H28N2O/c1-16(2)19-11-8-12-20(17(3)4)25(19)26-18(5)22-13-9-14-23(27-22)21-10-6-7-15-24(21)28/h6-17,28H,1-5H3. The van der Waals surface area contributed by atoms with E-state index in [1.165, 1.54) is 11.1 Å². The van der Waals surface area contributed by atoms with Crippen LogP contribution in [-0.2, 0) is 0 Å². The van der Waals surface area contributed by atoms with Crippen LogP contribution in [-0.4, -0.2) is 15.8 Å². The van der Waals surface area contributed by atoms with Gasteiger partial charge in [-0.05, 0) is 54.2 Å². The van der Waals surface area contributed by atoms with Gasteiger partial charge in [0, 0.05) is 5.56 Å². The van der Waals surface area contributed by atoms with Gasteiger partial charge in [-0.15, -0.1) is 0 Å². The Morgan fingerprint density at radius 3 is 2.04 bits per heavy atom. The molecule has 0 unspecified atom stereocenters. The number of aromatic hydroxyl groups is 1. The van der Waals surface area contributed by atoms with E-state index in [1.807, 2.05) is 43.3 Å². The predicted molar refractivity (Wildman–Crippen MR) is 118 cm³/mol. The lowest BCUT2D eigenvalue weighted by Crippen LogP contribution is -2.02. The smallest absolute Gasteiger partial charge is 0.124 e. The third-order valence-electron chi connectivity index (χ3n) is 4.92. The van der Waals surface area contributed by atoms with Crippen LogP contribution < -0.4 is 0 Å². The highest BCUT2D eigenvalue weighted by atomic mass is 16.3. The molecule has 0 spiro atoms. The average molecular weight is 373 g/mol. The summed E-state index contributed by atoms with van der Waals surface area (Å²) in [5, 5.41) is 10.2. The Bertz CT molecular complexity index is 977. The number of rotatable bonds is 5. The molecule has 0 bridgehead atoms. The summed E-state index contributed by atoms with van der Waals surface area (Å²) in [7, 11) is 0. The lowest BCUT2D eigenvalue weighted by atomic mass is 9.93. The predicted octanol–water partition coefficient (Wildman–Crippen LogP) is 6.84. The van der Waals surface area contributed by atoms with E-state index >= 15 is 0 Å². The molecule has 1 N–H and O–H groups in total. The zero-order valence-electron chi connectivity index (χ0n) is 17.3. The molecule has 0 atom stereocenters. The van der Waals surface area contributed by atoms with Gasteiger partial charge in [-0.25, -0.2) is 4.98 Å². The molecule has 3 heteroatoms. The highest BCUT2D eigenvalue weighted by Gasteiger charge is 2.14. The van der Waals surface area contributed by atoms with Crippen molar-refractivity contribution in [1.29, 1.82) is 0 Å². The summed E-state index contributed by atoms with van der Waals surface area (Å²) in [5.41, 5.74) is 6.71. The molecule has 0 aliphatic carbocycles. The van der Waals surface area contributed by atoms with Gasteiger partial charge in [-0.3, -0.25) is 4.99 Å². The molecular weight excluding hydrogens is 344 g/mol. The lowest BCUT2D eigenvalue weighted by molar-refractivity contribution is 0.477. The molecular formula is C25H28N2O. The Balaban J connectivity index is 2.09. The minimum Gasteiger partial charge on any atom is -0.507 e. The Morgan fingerprint density at radius 1 is 0.821 bits per heavy atom. The number of para-hydroxylation sites is 2. The van der Waals surface area contributed by atoms with Gasteiger partial charge >= 0.3 is 0 Å². The first-order valence-corrected chi connectivity index (χ1v) is 9.82. The highest BCUT2D eigenvalue weighted by molar-refractivity contribution is 5.99. The van der Waals surface area contributed by atoms with Crippen molar-refractivity contribution in [1.82, 2.24) is 4.98 Å². The monoisotopic (exact) mass is 372 g/mol. The van der Waals surface area contributed by atoms with Gasteiger partial charge in [0.2, 0.25) is 0 Å². The molecule has 1 aromatic heterocycles. The first-order valence-electron chi connectivity index (χ1n) is 9.82. The summed E-state index contributed by atoms with van der Waals surface area (Å²) in [4.78, 5) is 9.78. The lowest BCUT2D eigenvalue weighted by Gasteiger charge is -2.17. The molecule has 0 saturated carbocycles. The average Bonchev–Trinajstić information content (AvgIpc) is 2.68. The maximum atomic E-state index is 10.2. The maximum absolute atomic E-state index is 10.2. The van der Waals surface area contributed by atoms with Gasteiger partial charge in [0.1, 0.15) is 5.75 Å². The second kappa shape index (κ2) is 8.39. The van der Waals surface area contributed by atoms with Crippen LogP contribution in [0.25, 0.3) is 11.3 Å². The fourth-order valence-electron chi connectivity index (χ4n) is 3.34. The molecule has 0 radical (unpaired) electrons. The quantitative estimate of drug-likeness (QED) is 0.498. The number of pyridine rings is 1. The van der Waals surface area contributed by atoms with Crippen molar-refractivity contribution in [3.8, 4) is 17.0 Å². The van der Waals surface area contributed by atoms with E-state index in [1.54, 1.807) is 6.07 Å². The molecule has 0 aliphatic rings. The van der Waals surface area contributed by atoms with Crippen LogP contribution in [0, 0.1) is 0 Å². The van der Waals surface area contributed by atoms with E-state index in [0.717, 1.165) is 28.4 Å². The van der Waals surface area contributed by atoms with Gasteiger partial charge in [0.25, 0.3) is 0 Å². The second-order valence-electron chi connectivity index (χ2n) is 7.72. The molecule has 2 aromatic carbocycles. The molecule has 0 amide bonds. The van der Waals surface area contributed by atoms with Crippen molar-refractivity contribution in [2.75, 3.05) is 0 Å². The van der Waals surface area contributed by atoms with E-state index in [0.29, 0.717) is 11.8 Å². The molecule has 3 nitrogen and oxygen atoms in total. The number of aromatic nitrogens is 1. The van der Waals surface area contributed by atoms with Crippen LogP contribution in [0.4, 0.5) is 5.69 Å². The topological polar surface area (TPSA) is 45.5 Å². The van der Waals surface area contributed by atoms with E-state index in [9.17, 15) is 5.11 Å². The zero-order valence-corrected chi connectivity index (χ0v) is 17.3. The molecule has 0 aliphatic heterocycles. The van der Waals surface area contributed by atoms with Crippen LogP contribution in [0.5, 0.6) is 5.75 Å². The van der Waals surface area contributed by atoms with Gasteiger partial charge in [-0.2, -0.15) is 0 Å². The third kappa shape index (κ3) is 4.14. The summed E-state index contributed by atoms with van der Waals surface area (Å²) >= 11 is 0. The van der Waals surface area contributed by atoms with Crippen LogP contribution in [0.1, 0.15) is 63.3 Å². The van der Waals surface area contributed by atoms with E-state index in [2.05, 4.69) is 45.9 Å². The number of aliphatic imine (C=N–C) groups is 1. The second-order valence-corrected chi connectivity index (χ2v) is 7.72. The van der Waals surface area contributed by atoms with Crippen molar-refractivity contribution in [2.45, 2.75) is 46.5 Å². The molecule has 3 rings (SSSR count). The number of hydrogen-bond acceptors (Lipinski definition) is 3. The van der Waals surface area contributed by atoms with Gasteiger partial charge in [0.15, 0.2) is 0 Å². The minimum atomic E-state index is 0.231. The highest BCUT2D eigenvalue weighted by Crippen LogP contribution is 2.35. The minimum absolute atomic E-state index is 0.231. The molecule has 0 fully saturated rings. The molecule has 28 heavy (non-hydrogen) atoms. The zero-order chi connectivity index (χ0) is 20.3. The van der Waals surface area contributed by atoms with Crippen LogP contribution in [0.3, 0.4) is 0 Å². The summed E-state index contributed by atoms with van der Waals surface area (Å²) in [6.45, 7) is 10.8. The summed E-state index contributed by atoms with van der Waals surface area (Å²) in [5.74, 6) is 1.02. The van der Waals surface area contributed by atoms with Gasteiger partial charge in [-0.1, -0.05) is 64.1 Å². The normalized spacial score (nSPS) is 12.0. The number of hydrogen-bond donors (Lipinski definition) is 1.